The van der Waals surface area contributed by atoms with E-state index in [4.69, 9.17) is 9.47 Å². The molecule has 1 aromatic rings. The average Bonchev–Trinajstić information content (AvgIpc) is 3.59. The zero-order valence-corrected chi connectivity index (χ0v) is 24.0. The summed E-state index contributed by atoms with van der Waals surface area (Å²) in [7, 11) is 0. The van der Waals surface area contributed by atoms with Crippen LogP contribution >= 0.6 is 0 Å². The smallest absolute Gasteiger partial charge is 0.313 e. The number of carbonyl (C=O) groups excluding carboxylic acids is 4. The van der Waals surface area contributed by atoms with Crippen LogP contribution in [0.3, 0.4) is 0 Å². The molecule has 5 bridgehead atoms. The van der Waals surface area contributed by atoms with Crippen molar-refractivity contribution in [2.45, 2.75) is 76.9 Å². The minimum atomic E-state index is -1.38. The van der Waals surface area contributed by atoms with Crippen LogP contribution in [0.4, 0.5) is 5.69 Å². The van der Waals surface area contributed by atoms with Gasteiger partial charge in [0, 0.05) is 18.7 Å². The van der Waals surface area contributed by atoms with Gasteiger partial charge in [0.15, 0.2) is 0 Å². The van der Waals surface area contributed by atoms with Gasteiger partial charge >= 0.3 is 5.97 Å². The Bertz CT molecular complexity index is 1290. The van der Waals surface area contributed by atoms with E-state index in [2.05, 4.69) is 5.32 Å². The maximum atomic E-state index is 14.8. The first-order valence-corrected chi connectivity index (χ1v) is 14.4. The Morgan fingerprint density at radius 1 is 1.15 bits per heavy atom. The minimum Gasteiger partial charge on any atom is -0.460 e. The number of carbonyl (C=O) groups is 4. The normalized spacial score (nSPS) is 33.5. The highest BCUT2D eigenvalue weighted by Crippen LogP contribution is 2.56. The number of aliphatic hydroxyl groups is 1. The molecule has 2 N–H and O–H groups in total. The number of hydrogen-bond acceptors (Lipinski definition) is 7. The molecule has 41 heavy (non-hydrogen) atoms. The van der Waals surface area contributed by atoms with E-state index in [0.717, 1.165) is 11.1 Å². The number of esters is 1. The third kappa shape index (κ3) is 4.97. The lowest BCUT2D eigenvalue weighted by Gasteiger charge is -2.39. The topological polar surface area (TPSA) is 125 Å². The predicted molar refractivity (Wildman–Crippen MR) is 151 cm³/mol. The van der Waals surface area contributed by atoms with Gasteiger partial charge in [-0.25, -0.2) is 0 Å². The first-order chi connectivity index (χ1) is 19.6. The van der Waals surface area contributed by atoms with Crippen molar-refractivity contribution in [2.24, 2.45) is 11.8 Å². The van der Waals surface area contributed by atoms with Gasteiger partial charge in [-0.05, 0) is 50.8 Å². The van der Waals surface area contributed by atoms with E-state index >= 15 is 0 Å². The summed E-state index contributed by atoms with van der Waals surface area (Å²) in [6.45, 7) is 7.41. The summed E-state index contributed by atoms with van der Waals surface area (Å²) < 4.78 is 12.1. The van der Waals surface area contributed by atoms with Gasteiger partial charge < -0.3 is 29.7 Å². The molecule has 0 saturated carbocycles. The molecule has 1 spiro atoms. The monoisotopic (exact) mass is 565 g/mol. The van der Waals surface area contributed by atoms with Gasteiger partial charge in [-0.3, -0.25) is 19.2 Å². The molecule has 4 aliphatic heterocycles. The number of likely N-dealkylation sites (tertiary alicyclic amines) is 1. The van der Waals surface area contributed by atoms with Crippen molar-refractivity contribution >= 4 is 29.4 Å². The second kappa shape index (κ2) is 11.4. The summed E-state index contributed by atoms with van der Waals surface area (Å²) >= 11 is 0. The maximum absolute atomic E-state index is 14.8. The van der Waals surface area contributed by atoms with Gasteiger partial charge in [0.1, 0.15) is 23.7 Å². The zero-order chi connectivity index (χ0) is 29.5. The molecule has 0 aromatic heterocycles. The van der Waals surface area contributed by atoms with Crippen molar-refractivity contribution < 1.29 is 33.8 Å². The van der Waals surface area contributed by atoms with Crippen LogP contribution in [-0.4, -0.2) is 83.3 Å². The number of ether oxygens (including phenoxy) is 2. The zero-order valence-electron chi connectivity index (χ0n) is 24.0. The van der Waals surface area contributed by atoms with Crippen LogP contribution in [0.2, 0.25) is 0 Å². The number of benzene rings is 1. The molecule has 5 rings (SSSR count). The van der Waals surface area contributed by atoms with Crippen LogP contribution in [-0.2, 0) is 28.7 Å². The van der Waals surface area contributed by atoms with Crippen molar-refractivity contribution in [1.82, 2.24) is 10.2 Å². The Balaban J connectivity index is 1.64. The number of cyclic esters (lactones) is 1. The highest BCUT2D eigenvalue weighted by atomic mass is 16.6. The molecule has 10 heteroatoms. The van der Waals surface area contributed by atoms with E-state index in [0.29, 0.717) is 18.5 Å². The number of hydrogen-bond donors (Lipinski definition) is 2. The number of aryl methyl sites for hydroxylation is 2. The number of aliphatic hydroxyl groups excluding tert-OH is 1. The van der Waals surface area contributed by atoms with Gasteiger partial charge in [-0.2, -0.15) is 0 Å². The number of allylic oxidation sites excluding steroid dienone is 1. The fourth-order valence-electron chi connectivity index (χ4n) is 6.61. The summed E-state index contributed by atoms with van der Waals surface area (Å²) in [6.07, 6.45) is 6.99. The average molecular weight is 566 g/mol. The number of nitrogens with zero attached hydrogens (tertiary/aromatic N) is 2. The van der Waals surface area contributed by atoms with E-state index in [-0.39, 0.29) is 37.9 Å². The predicted octanol–water partition coefficient (Wildman–Crippen LogP) is 1.96. The molecular weight excluding hydrogens is 526 g/mol. The molecule has 3 amide bonds. The number of fused-ring (bicyclic) bond motifs is 2. The lowest BCUT2D eigenvalue weighted by molar-refractivity contribution is -0.159. The van der Waals surface area contributed by atoms with Crippen LogP contribution in [0.1, 0.15) is 44.2 Å². The number of nitrogens with one attached hydrogen (secondary N) is 1. The molecule has 10 nitrogen and oxygen atoms in total. The van der Waals surface area contributed by atoms with Crippen molar-refractivity contribution in [2.75, 3.05) is 24.6 Å². The van der Waals surface area contributed by atoms with Gasteiger partial charge in [0.25, 0.3) is 5.91 Å². The standard InChI is InChI=1S/C31H39N3O7/c1-5-21(17-35)34-27-29(38)33(22-15-18(2)10-11-19(22)3)14-8-6-7-9-24(36)32-16-20(4)40-30(39)25-23-12-13-31(27,41-23)26(25)28(34)37/h6,8,10-13,15,20-21,23,25-27,35H,5,7,9,14,16-17H2,1-4H3,(H,32,36)/b8-6-/t20-,21-,23+,25-,26-,27+,31-/m0/s1. The lowest BCUT2D eigenvalue weighted by atomic mass is 9.74. The summed E-state index contributed by atoms with van der Waals surface area (Å²) in [5.41, 5.74) is 1.16. The van der Waals surface area contributed by atoms with Crippen LogP contribution in [0.25, 0.3) is 0 Å². The maximum Gasteiger partial charge on any atom is 0.313 e. The Morgan fingerprint density at radius 2 is 1.93 bits per heavy atom. The summed E-state index contributed by atoms with van der Waals surface area (Å²) in [4.78, 5) is 58.0. The quantitative estimate of drug-likeness (QED) is 0.422. The van der Waals surface area contributed by atoms with Crippen LogP contribution in [0.15, 0.2) is 42.5 Å². The molecular formula is C31H39N3O7. The molecule has 220 valence electrons. The van der Waals surface area contributed by atoms with Crippen molar-refractivity contribution in [3.05, 3.63) is 53.6 Å². The van der Waals surface area contributed by atoms with Gasteiger partial charge in [0.05, 0.1) is 31.2 Å². The molecule has 0 unspecified atom stereocenters. The Morgan fingerprint density at radius 3 is 2.66 bits per heavy atom. The molecule has 4 heterocycles. The number of anilines is 1. The number of rotatable bonds is 4. The highest BCUT2D eigenvalue weighted by Gasteiger charge is 2.74. The Labute approximate surface area is 240 Å². The van der Waals surface area contributed by atoms with E-state index in [9.17, 15) is 24.3 Å². The third-order valence-electron chi connectivity index (χ3n) is 8.71. The van der Waals surface area contributed by atoms with Gasteiger partial charge in [0.2, 0.25) is 11.8 Å². The molecule has 0 radical (unpaired) electrons. The summed E-state index contributed by atoms with van der Waals surface area (Å²) in [5.74, 6) is -3.48. The van der Waals surface area contributed by atoms with E-state index in [1.54, 1.807) is 24.0 Å². The Kier molecular flexibility index (Phi) is 8.07. The van der Waals surface area contributed by atoms with Gasteiger partial charge in [-0.15, -0.1) is 0 Å². The van der Waals surface area contributed by atoms with E-state index in [1.807, 2.05) is 51.1 Å². The van der Waals surface area contributed by atoms with Crippen LogP contribution < -0.4 is 10.2 Å². The van der Waals surface area contributed by atoms with E-state index in [1.165, 1.54) is 4.90 Å². The van der Waals surface area contributed by atoms with Crippen molar-refractivity contribution in [3.63, 3.8) is 0 Å². The van der Waals surface area contributed by atoms with Crippen molar-refractivity contribution in [1.29, 1.82) is 0 Å². The third-order valence-corrected chi connectivity index (χ3v) is 8.71. The summed E-state index contributed by atoms with van der Waals surface area (Å²) in [5, 5.41) is 13.1. The fraction of sp³-hybridized carbons (Fsp3) is 0.548. The van der Waals surface area contributed by atoms with Crippen molar-refractivity contribution in [3.8, 4) is 0 Å². The SMILES string of the molecule is CC[C@@H](CO)N1C(=O)[C@@H]2[C@H]3C(=O)O[C@@H](C)CNC(=O)CC/C=C\CN(c4cc(C)ccc4C)C(=O)[C@@H]1[C@]21C=C[C@H]3O1. The number of amides is 3. The summed E-state index contributed by atoms with van der Waals surface area (Å²) in [6, 6.07) is 4.11. The van der Waals surface area contributed by atoms with Crippen LogP contribution in [0, 0.1) is 25.7 Å². The van der Waals surface area contributed by atoms with E-state index < -0.39 is 53.6 Å². The van der Waals surface area contributed by atoms with Crippen LogP contribution in [0.5, 0.6) is 0 Å². The van der Waals surface area contributed by atoms with Gasteiger partial charge in [-0.1, -0.05) is 43.4 Å². The highest BCUT2D eigenvalue weighted by molar-refractivity contribution is 6.05. The lowest BCUT2D eigenvalue weighted by Crippen LogP contribution is -2.58. The Hall–Kier alpha value is -3.50. The molecule has 4 aliphatic rings. The molecule has 2 fully saturated rings. The second-order valence-corrected chi connectivity index (χ2v) is 11.5. The minimum absolute atomic E-state index is 0.141. The molecule has 1 aromatic carbocycles. The largest absolute Gasteiger partial charge is 0.460 e. The molecule has 0 aliphatic carbocycles. The molecule has 7 atom stereocenters. The molecule has 2 saturated heterocycles. The first kappa shape index (κ1) is 29.0. The first-order valence-electron chi connectivity index (χ1n) is 14.4. The second-order valence-electron chi connectivity index (χ2n) is 11.5. The fourth-order valence-corrected chi connectivity index (χ4v) is 6.61.